The molecule has 4 heteroatoms. The SMILES string of the molecule is CCC(C#N)(CC)C(=O)Nc1cc(C)ccc1Br. The molecule has 1 amide bonds. The lowest BCUT2D eigenvalue weighted by Gasteiger charge is -2.22. The zero-order valence-corrected chi connectivity index (χ0v) is 12.5. The first-order chi connectivity index (χ1) is 8.49. The molecule has 0 saturated heterocycles. The van der Waals surface area contributed by atoms with Gasteiger partial charge in [-0.1, -0.05) is 19.9 Å². The Labute approximate surface area is 116 Å². The summed E-state index contributed by atoms with van der Waals surface area (Å²) in [6.07, 6.45) is 1.02. The molecule has 96 valence electrons. The van der Waals surface area contributed by atoms with Crippen molar-refractivity contribution in [3.63, 3.8) is 0 Å². The van der Waals surface area contributed by atoms with Crippen molar-refractivity contribution in [3.8, 4) is 6.07 Å². The summed E-state index contributed by atoms with van der Waals surface area (Å²) in [6.45, 7) is 5.68. The van der Waals surface area contributed by atoms with Gasteiger partial charge in [0.1, 0.15) is 5.41 Å². The number of benzene rings is 1. The minimum Gasteiger partial charge on any atom is -0.324 e. The molecule has 3 nitrogen and oxygen atoms in total. The average Bonchev–Trinajstić information content (AvgIpc) is 2.37. The molecular weight excluding hydrogens is 292 g/mol. The summed E-state index contributed by atoms with van der Waals surface area (Å²) in [5, 5.41) is 12.1. The monoisotopic (exact) mass is 308 g/mol. The number of rotatable bonds is 4. The van der Waals surface area contributed by atoms with E-state index in [0.29, 0.717) is 18.5 Å². The van der Waals surface area contributed by atoms with Crippen molar-refractivity contribution in [3.05, 3.63) is 28.2 Å². The zero-order chi connectivity index (χ0) is 13.8. The Morgan fingerprint density at radius 2 is 2.06 bits per heavy atom. The fourth-order valence-electron chi connectivity index (χ4n) is 1.76. The number of nitrogens with zero attached hydrogens (tertiary/aromatic N) is 1. The minimum absolute atomic E-state index is 0.235. The van der Waals surface area contributed by atoms with Gasteiger partial charge >= 0.3 is 0 Å². The number of carbonyl (C=O) groups is 1. The predicted molar refractivity (Wildman–Crippen MR) is 76.1 cm³/mol. The normalized spacial score (nSPS) is 10.8. The highest BCUT2D eigenvalue weighted by Crippen LogP contribution is 2.30. The fourth-order valence-corrected chi connectivity index (χ4v) is 2.10. The highest BCUT2D eigenvalue weighted by atomic mass is 79.9. The van der Waals surface area contributed by atoms with E-state index in [1.54, 1.807) is 0 Å². The molecule has 0 spiro atoms. The van der Waals surface area contributed by atoms with E-state index in [2.05, 4.69) is 27.3 Å². The van der Waals surface area contributed by atoms with E-state index in [9.17, 15) is 10.1 Å². The van der Waals surface area contributed by atoms with Crippen molar-refractivity contribution in [1.82, 2.24) is 0 Å². The van der Waals surface area contributed by atoms with Crippen LogP contribution in [0.3, 0.4) is 0 Å². The van der Waals surface area contributed by atoms with Crippen molar-refractivity contribution in [2.45, 2.75) is 33.6 Å². The van der Waals surface area contributed by atoms with Crippen LogP contribution in [-0.4, -0.2) is 5.91 Å². The molecule has 0 radical (unpaired) electrons. The van der Waals surface area contributed by atoms with Crippen LogP contribution in [0.2, 0.25) is 0 Å². The average molecular weight is 309 g/mol. The molecule has 1 N–H and O–H groups in total. The van der Waals surface area contributed by atoms with Gasteiger partial charge in [0.25, 0.3) is 0 Å². The summed E-state index contributed by atoms with van der Waals surface area (Å²) in [7, 11) is 0. The van der Waals surface area contributed by atoms with Crippen LogP contribution in [0.5, 0.6) is 0 Å². The lowest BCUT2D eigenvalue weighted by atomic mass is 9.83. The molecule has 0 unspecified atom stereocenters. The number of nitriles is 1. The molecule has 0 aromatic heterocycles. The lowest BCUT2D eigenvalue weighted by molar-refractivity contribution is -0.123. The first-order valence-electron chi connectivity index (χ1n) is 5.98. The molecule has 0 aliphatic rings. The van der Waals surface area contributed by atoms with Gasteiger partial charge in [-0.15, -0.1) is 0 Å². The van der Waals surface area contributed by atoms with Crippen molar-refractivity contribution in [2.24, 2.45) is 5.41 Å². The number of amides is 1. The summed E-state index contributed by atoms with van der Waals surface area (Å²) in [4.78, 5) is 12.2. The van der Waals surface area contributed by atoms with Gasteiger partial charge in [-0.2, -0.15) is 5.26 Å². The Morgan fingerprint density at radius 3 is 2.56 bits per heavy atom. The number of hydrogen-bond acceptors (Lipinski definition) is 2. The van der Waals surface area contributed by atoms with Crippen LogP contribution in [0.4, 0.5) is 5.69 Å². The maximum absolute atomic E-state index is 12.2. The Bertz CT molecular complexity index is 487. The third kappa shape index (κ3) is 2.91. The molecule has 0 saturated carbocycles. The summed E-state index contributed by atoms with van der Waals surface area (Å²) < 4.78 is 0.820. The van der Waals surface area contributed by atoms with Gasteiger partial charge in [0.2, 0.25) is 5.91 Å². The van der Waals surface area contributed by atoms with E-state index in [1.807, 2.05) is 39.0 Å². The smallest absolute Gasteiger partial charge is 0.244 e. The number of anilines is 1. The van der Waals surface area contributed by atoms with Crippen molar-refractivity contribution in [2.75, 3.05) is 5.32 Å². The maximum atomic E-state index is 12.2. The van der Waals surface area contributed by atoms with Gasteiger partial charge in [-0.3, -0.25) is 4.79 Å². The third-order valence-corrected chi connectivity index (χ3v) is 3.92. The molecule has 1 aromatic carbocycles. The van der Waals surface area contributed by atoms with Gasteiger partial charge in [0.15, 0.2) is 0 Å². The minimum atomic E-state index is -0.941. The predicted octanol–water partition coefficient (Wildman–Crippen LogP) is 4.03. The van der Waals surface area contributed by atoms with Gasteiger partial charge < -0.3 is 5.32 Å². The Kier molecular flexibility index (Phi) is 4.92. The summed E-state index contributed by atoms with van der Waals surface area (Å²) in [6, 6.07) is 7.87. The van der Waals surface area contributed by atoms with E-state index in [0.717, 1.165) is 10.0 Å². The molecule has 0 fully saturated rings. The van der Waals surface area contributed by atoms with Crippen molar-refractivity contribution in [1.29, 1.82) is 5.26 Å². The number of aryl methyl sites for hydroxylation is 1. The van der Waals surface area contributed by atoms with Crippen LogP contribution in [0.1, 0.15) is 32.3 Å². The number of halogens is 1. The quantitative estimate of drug-likeness (QED) is 0.913. The van der Waals surface area contributed by atoms with E-state index >= 15 is 0 Å². The maximum Gasteiger partial charge on any atom is 0.244 e. The van der Waals surface area contributed by atoms with Crippen molar-refractivity contribution < 1.29 is 4.79 Å². The van der Waals surface area contributed by atoms with Crippen LogP contribution in [0, 0.1) is 23.7 Å². The second-order valence-corrected chi connectivity index (χ2v) is 5.19. The van der Waals surface area contributed by atoms with Crippen molar-refractivity contribution >= 4 is 27.5 Å². The summed E-state index contributed by atoms with van der Waals surface area (Å²) in [5.74, 6) is -0.235. The van der Waals surface area contributed by atoms with Gasteiger partial charge in [0, 0.05) is 4.47 Å². The first kappa shape index (κ1) is 14.7. The zero-order valence-electron chi connectivity index (χ0n) is 10.9. The Hall–Kier alpha value is -1.34. The summed E-state index contributed by atoms with van der Waals surface area (Å²) >= 11 is 3.39. The molecule has 0 aliphatic carbocycles. The van der Waals surface area contributed by atoms with Crippen LogP contribution in [0.15, 0.2) is 22.7 Å². The van der Waals surface area contributed by atoms with Crippen LogP contribution < -0.4 is 5.32 Å². The Morgan fingerprint density at radius 1 is 1.44 bits per heavy atom. The Balaban J connectivity index is 3.01. The number of carbonyl (C=O) groups excluding carboxylic acids is 1. The molecular formula is C14H17BrN2O. The van der Waals surface area contributed by atoms with Gasteiger partial charge in [-0.05, 0) is 53.4 Å². The fraction of sp³-hybridized carbons (Fsp3) is 0.429. The molecule has 0 aliphatic heterocycles. The molecule has 1 aromatic rings. The highest BCUT2D eigenvalue weighted by Gasteiger charge is 2.35. The first-order valence-corrected chi connectivity index (χ1v) is 6.77. The largest absolute Gasteiger partial charge is 0.324 e. The van der Waals surface area contributed by atoms with E-state index in [1.165, 1.54) is 0 Å². The van der Waals surface area contributed by atoms with Crippen LogP contribution >= 0.6 is 15.9 Å². The van der Waals surface area contributed by atoms with E-state index in [4.69, 9.17) is 0 Å². The molecule has 1 rings (SSSR count). The molecule has 0 atom stereocenters. The van der Waals surface area contributed by atoms with Gasteiger partial charge in [0.05, 0.1) is 11.8 Å². The van der Waals surface area contributed by atoms with Gasteiger partial charge in [-0.25, -0.2) is 0 Å². The third-order valence-electron chi connectivity index (χ3n) is 3.23. The van der Waals surface area contributed by atoms with E-state index in [-0.39, 0.29) is 5.91 Å². The molecule has 0 heterocycles. The highest BCUT2D eigenvalue weighted by molar-refractivity contribution is 9.10. The standard InChI is InChI=1S/C14H17BrN2O/c1-4-14(5-2,9-16)13(18)17-12-8-10(3)6-7-11(12)15/h6-8H,4-5H2,1-3H3,(H,17,18). The molecule has 0 bridgehead atoms. The number of hydrogen-bond donors (Lipinski definition) is 1. The number of nitrogens with one attached hydrogen (secondary N) is 1. The lowest BCUT2D eigenvalue weighted by Crippen LogP contribution is -2.34. The molecule has 18 heavy (non-hydrogen) atoms. The second-order valence-electron chi connectivity index (χ2n) is 4.34. The topological polar surface area (TPSA) is 52.9 Å². The van der Waals surface area contributed by atoms with Crippen LogP contribution in [-0.2, 0) is 4.79 Å². The second kappa shape index (κ2) is 6.01. The van der Waals surface area contributed by atoms with Crippen LogP contribution in [0.25, 0.3) is 0 Å². The summed E-state index contributed by atoms with van der Waals surface area (Å²) in [5.41, 5.74) is 0.828. The van der Waals surface area contributed by atoms with E-state index < -0.39 is 5.41 Å².